The lowest BCUT2D eigenvalue weighted by Gasteiger charge is -2.14. The summed E-state index contributed by atoms with van der Waals surface area (Å²) in [4.78, 5) is 0. The highest BCUT2D eigenvalue weighted by Gasteiger charge is 2.31. The highest BCUT2D eigenvalue weighted by molar-refractivity contribution is 7.80. The largest absolute Gasteiger partial charge is 0.573 e. The summed E-state index contributed by atoms with van der Waals surface area (Å²) in [6, 6.07) is 18.3. The molecule has 2 N–H and O–H groups in total. The second kappa shape index (κ2) is 11.2. The zero-order valence-corrected chi connectivity index (χ0v) is 20.7. The lowest BCUT2D eigenvalue weighted by Crippen LogP contribution is -2.24. The van der Waals surface area contributed by atoms with Gasteiger partial charge in [-0.05, 0) is 59.7 Å². The summed E-state index contributed by atoms with van der Waals surface area (Å²) in [5.74, 6) is -0.273. The fraction of sp³-hybridized carbons (Fsp3) is 0.125. The number of halogens is 5. The van der Waals surface area contributed by atoms with E-state index in [1.54, 1.807) is 41.6 Å². The molecule has 1 heterocycles. The van der Waals surface area contributed by atoms with Gasteiger partial charge in [0.1, 0.15) is 5.75 Å². The standard InChI is InChI=1S/C24H18Cl2F3N5OS/c25-19-2-1-3-20(26)22(19)31-23(36)32-30-14-15-4-6-16(7-5-15)21-12-13-34(33-21)17-8-10-18(11-9-17)35-24(27,28)29/h1-11,14H,12-13H2,(H2,31,32,36). The SMILES string of the molecule is FC(F)(F)Oc1ccc(N2CCC(c3ccc(C=NNC(=S)Nc4c(Cl)cccc4Cl)cc3)=N2)cc1. The molecule has 6 nitrogen and oxygen atoms in total. The number of ether oxygens (including phenoxy) is 1. The minimum Gasteiger partial charge on any atom is -0.406 e. The van der Waals surface area contributed by atoms with Crippen molar-refractivity contribution in [2.45, 2.75) is 12.8 Å². The maximum atomic E-state index is 12.3. The summed E-state index contributed by atoms with van der Waals surface area (Å²) in [5.41, 5.74) is 6.53. The van der Waals surface area contributed by atoms with Crippen LogP contribution in [-0.4, -0.2) is 29.9 Å². The molecule has 0 atom stereocenters. The molecule has 0 fully saturated rings. The first kappa shape index (κ1) is 25.7. The van der Waals surface area contributed by atoms with Gasteiger partial charge in [0.05, 0.1) is 33.3 Å². The van der Waals surface area contributed by atoms with Crippen molar-refractivity contribution in [3.05, 3.63) is 87.9 Å². The number of para-hydroxylation sites is 1. The second-order valence-electron chi connectivity index (χ2n) is 7.50. The van der Waals surface area contributed by atoms with E-state index in [1.165, 1.54) is 12.1 Å². The summed E-state index contributed by atoms with van der Waals surface area (Å²) in [6.07, 6.45) is -2.42. The van der Waals surface area contributed by atoms with E-state index >= 15 is 0 Å². The van der Waals surface area contributed by atoms with Gasteiger partial charge in [-0.3, -0.25) is 10.4 Å². The van der Waals surface area contributed by atoms with Crippen molar-refractivity contribution >= 4 is 63.8 Å². The van der Waals surface area contributed by atoms with Crippen molar-refractivity contribution in [1.29, 1.82) is 0 Å². The van der Waals surface area contributed by atoms with Crippen LogP contribution in [0.25, 0.3) is 0 Å². The fourth-order valence-electron chi connectivity index (χ4n) is 3.35. The van der Waals surface area contributed by atoms with Crippen LogP contribution in [0.4, 0.5) is 24.5 Å². The topological polar surface area (TPSA) is 61.2 Å². The number of benzene rings is 3. The van der Waals surface area contributed by atoms with Crippen molar-refractivity contribution in [3.8, 4) is 5.75 Å². The van der Waals surface area contributed by atoms with Crippen LogP contribution in [-0.2, 0) is 0 Å². The third-order valence-electron chi connectivity index (χ3n) is 5.00. The van der Waals surface area contributed by atoms with Crippen LogP contribution in [0.15, 0.2) is 76.9 Å². The van der Waals surface area contributed by atoms with E-state index in [0.29, 0.717) is 34.4 Å². The van der Waals surface area contributed by atoms with Gasteiger partial charge in [0, 0.05) is 13.0 Å². The zero-order valence-electron chi connectivity index (χ0n) is 18.4. The molecule has 3 aromatic rings. The van der Waals surface area contributed by atoms with E-state index < -0.39 is 6.36 Å². The fourth-order valence-corrected chi connectivity index (χ4v) is 4.00. The van der Waals surface area contributed by atoms with E-state index in [9.17, 15) is 13.2 Å². The van der Waals surface area contributed by atoms with Gasteiger partial charge in [0.2, 0.25) is 0 Å². The molecule has 0 saturated heterocycles. The molecule has 0 amide bonds. The first-order valence-corrected chi connectivity index (χ1v) is 11.7. The molecule has 0 radical (unpaired) electrons. The first-order valence-electron chi connectivity index (χ1n) is 10.5. The number of nitrogens with zero attached hydrogens (tertiary/aromatic N) is 3. The first-order chi connectivity index (χ1) is 17.2. The van der Waals surface area contributed by atoms with Crippen LogP contribution in [0, 0.1) is 0 Å². The van der Waals surface area contributed by atoms with Crippen LogP contribution in [0.1, 0.15) is 17.5 Å². The van der Waals surface area contributed by atoms with Gasteiger partial charge in [-0.15, -0.1) is 13.2 Å². The van der Waals surface area contributed by atoms with Gasteiger partial charge in [-0.1, -0.05) is 53.5 Å². The molecule has 3 aromatic carbocycles. The van der Waals surface area contributed by atoms with E-state index in [2.05, 4.69) is 25.7 Å². The Morgan fingerprint density at radius 3 is 2.33 bits per heavy atom. The average molecular weight is 552 g/mol. The molecule has 4 rings (SSSR count). The van der Waals surface area contributed by atoms with Gasteiger partial charge in [0.15, 0.2) is 5.11 Å². The molecule has 0 unspecified atom stereocenters. The van der Waals surface area contributed by atoms with Crippen LogP contribution in [0.2, 0.25) is 10.0 Å². The van der Waals surface area contributed by atoms with Crippen LogP contribution in [0.5, 0.6) is 5.75 Å². The molecule has 0 spiro atoms. The van der Waals surface area contributed by atoms with Gasteiger partial charge < -0.3 is 10.1 Å². The number of hydrogen-bond donors (Lipinski definition) is 2. The van der Waals surface area contributed by atoms with Gasteiger partial charge >= 0.3 is 6.36 Å². The molecular weight excluding hydrogens is 534 g/mol. The third kappa shape index (κ3) is 6.87. The highest BCUT2D eigenvalue weighted by atomic mass is 35.5. The van der Waals surface area contributed by atoms with E-state index in [-0.39, 0.29) is 10.9 Å². The van der Waals surface area contributed by atoms with Crippen molar-refractivity contribution < 1.29 is 17.9 Å². The lowest BCUT2D eigenvalue weighted by molar-refractivity contribution is -0.274. The Bertz CT molecular complexity index is 1280. The van der Waals surface area contributed by atoms with Gasteiger partial charge in [-0.25, -0.2) is 0 Å². The molecule has 186 valence electrons. The van der Waals surface area contributed by atoms with E-state index in [4.69, 9.17) is 35.4 Å². The Morgan fingerprint density at radius 2 is 1.69 bits per heavy atom. The molecule has 36 heavy (non-hydrogen) atoms. The number of nitrogens with one attached hydrogen (secondary N) is 2. The Kier molecular flexibility index (Phi) is 7.97. The van der Waals surface area contributed by atoms with E-state index in [1.807, 2.05) is 24.3 Å². The number of anilines is 2. The third-order valence-corrected chi connectivity index (χ3v) is 5.82. The Labute approximate surface area is 220 Å². The predicted molar refractivity (Wildman–Crippen MR) is 141 cm³/mol. The van der Waals surface area contributed by atoms with E-state index in [0.717, 1.165) is 16.8 Å². The van der Waals surface area contributed by atoms with Crippen LogP contribution >= 0.6 is 35.4 Å². The van der Waals surface area contributed by atoms with Gasteiger partial charge in [0.25, 0.3) is 0 Å². The summed E-state index contributed by atoms with van der Waals surface area (Å²) < 4.78 is 40.9. The predicted octanol–water partition coefficient (Wildman–Crippen LogP) is 6.83. The van der Waals surface area contributed by atoms with Gasteiger partial charge in [-0.2, -0.15) is 10.2 Å². The Hall–Kier alpha value is -3.34. The molecule has 0 bridgehead atoms. The molecule has 0 aromatic heterocycles. The Balaban J connectivity index is 1.33. The molecule has 1 aliphatic heterocycles. The quantitative estimate of drug-likeness (QED) is 0.200. The maximum Gasteiger partial charge on any atom is 0.573 e. The molecule has 12 heteroatoms. The molecule has 0 saturated carbocycles. The minimum atomic E-state index is -4.72. The lowest BCUT2D eigenvalue weighted by atomic mass is 10.1. The normalized spacial score (nSPS) is 13.6. The summed E-state index contributed by atoms with van der Waals surface area (Å²) in [6.45, 7) is 0.613. The van der Waals surface area contributed by atoms with Crippen LogP contribution < -0.4 is 20.5 Å². The number of hydrazone groups is 2. The van der Waals surface area contributed by atoms with Crippen LogP contribution in [0.3, 0.4) is 0 Å². The molecule has 0 aliphatic carbocycles. The highest BCUT2D eigenvalue weighted by Crippen LogP contribution is 2.30. The molecule has 1 aliphatic rings. The minimum absolute atomic E-state index is 0.233. The number of alkyl halides is 3. The summed E-state index contributed by atoms with van der Waals surface area (Å²) in [5, 5.41) is 14.5. The monoisotopic (exact) mass is 551 g/mol. The summed E-state index contributed by atoms with van der Waals surface area (Å²) in [7, 11) is 0. The molecular formula is C24H18Cl2F3N5OS. The number of rotatable bonds is 6. The zero-order chi connectivity index (χ0) is 25.7. The van der Waals surface area contributed by atoms with Crippen molar-refractivity contribution in [2.24, 2.45) is 10.2 Å². The number of hydrogen-bond acceptors (Lipinski definition) is 5. The number of thiocarbonyl (C=S) groups is 1. The van der Waals surface area contributed by atoms with Crippen molar-refractivity contribution in [1.82, 2.24) is 5.43 Å². The smallest absolute Gasteiger partial charge is 0.406 e. The van der Waals surface area contributed by atoms with Crippen molar-refractivity contribution in [2.75, 3.05) is 16.9 Å². The maximum absolute atomic E-state index is 12.3. The average Bonchev–Trinajstić information content (AvgIpc) is 3.32. The second-order valence-corrected chi connectivity index (χ2v) is 8.73. The Morgan fingerprint density at radius 1 is 1.03 bits per heavy atom. The summed E-state index contributed by atoms with van der Waals surface area (Å²) >= 11 is 17.4. The van der Waals surface area contributed by atoms with Crippen molar-refractivity contribution in [3.63, 3.8) is 0 Å².